The summed E-state index contributed by atoms with van der Waals surface area (Å²) >= 11 is 0. The number of hydrogen-bond donors (Lipinski definition) is 2. The van der Waals surface area contributed by atoms with Crippen LogP contribution in [0.3, 0.4) is 0 Å². The molecule has 2 fully saturated rings. The van der Waals surface area contributed by atoms with Crippen LogP contribution in [0.4, 0.5) is 0 Å². The number of carbonyl (C=O) groups excluding carboxylic acids is 1. The summed E-state index contributed by atoms with van der Waals surface area (Å²) in [5, 5.41) is 3.26. The smallest absolute Gasteiger partial charge is 0.227 e. The van der Waals surface area contributed by atoms with Crippen LogP contribution >= 0.6 is 0 Å². The van der Waals surface area contributed by atoms with Crippen LogP contribution in [0.2, 0.25) is 0 Å². The Morgan fingerprint density at radius 2 is 1.67 bits per heavy atom. The van der Waals surface area contributed by atoms with Crippen LogP contribution in [0.1, 0.15) is 64.7 Å². The van der Waals surface area contributed by atoms with Crippen molar-refractivity contribution in [2.45, 2.75) is 70.8 Å². The molecule has 4 nitrogen and oxygen atoms in total. The number of hydrogen-bond acceptors (Lipinski definition) is 3. The van der Waals surface area contributed by atoms with Crippen LogP contribution < -0.4 is 11.1 Å². The summed E-state index contributed by atoms with van der Waals surface area (Å²) in [4.78, 5) is 15.2. The van der Waals surface area contributed by atoms with Crippen LogP contribution in [0, 0.1) is 5.41 Å². The van der Waals surface area contributed by atoms with E-state index in [2.05, 4.69) is 17.1 Å². The Kier molecular flexibility index (Phi) is 6.49. The van der Waals surface area contributed by atoms with Crippen molar-refractivity contribution in [2.24, 2.45) is 11.1 Å². The quantitative estimate of drug-likeness (QED) is 0.765. The standard InChI is InChI=1S/C17H33N3O/c1-15(13-20-11-7-4-8-12-20)19-16(21)17(14-18)9-5-2-3-6-10-17/h15H,2-14,18H2,1H3,(H,19,21). The topological polar surface area (TPSA) is 58.4 Å². The van der Waals surface area contributed by atoms with E-state index < -0.39 is 0 Å². The first-order chi connectivity index (χ1) is 10.2. The summed E-state index contributed by atoms with van der Waals surface area (Å²) in [6.45, 7) is 5.97. The lowest BCUT2D eigenvalue weighted by Gasteiger charge is -2.34. The second kappa shape index (κ2) is 8.14. The van der Waals surface area contributed by atoms with E-state index in [1.54, 1.807) is 0 Å². The third kappa shape index (κ3) is 4.68. The highest BCUT2D eigenvalue weighted by atomic mass is 16.2. The first-order valence-electron chi connectivity index (χ1n) is 8.90. The van der Waals surface area contributed by atoms with Gasteiger partial charge in [0, 0.05) is 19.1 Å². The number of amides is 1. The summed E-state index contributed by atoms with van der Waals surface area (Å²) in [7, 11) is 0. The Balaban J connectivity index is 1.85. The van der Waals surface area contributed by atoms with Gasteiger partial charge in [0.1, 0.15) is 0 Å². The van der Waals surface area contributed by atoms with E-state index in [4.69, 9.17) is 5.73 Å². The van der Waals surface area contributed by atoms with Crippen LogP contribution in [-0.2, 0) is 4.79 Å². The Labute approximate surface area is 129 Å². The number of rotatable bonds is 5. The highest BCUT2D eigenvalue weighted by Gasteiger charge is 2.37. The van der Waals surface area contributed by atoms with E-state index in [1.807, 2.05) is 0 Å². The molecule has 21 heavy (non-hydrogen) atoms. The molecule has 1 atom stereocenters. The molecule has 0 aromatic heterocycles. The predicted molar refractivity (Wildman–Crippen MR) is 87.1 cm³/mol. The van der Waals surface area contributed by atoms with Crippen molar-refractivity contribution < 1.29 is 4.79 Å². The van der Waals surface area contributed by atoms with Gasteiger partial charge in [-0.2, -0.15) is 0 Å². The Morgan fingerprint density at radius 3 is 2.24 bits per heavy atom. The zero-order valence-corrected chi connectivity index (χ0v) is 13.7. The van der Waals surface area contributed by atoms with Gasteiger partial charge in [0.05, 0.1) is 5.41 Å². The lowest BCUT2D eigenvalue weighted by atomic mass is 9.79. The van der Waals surface area contributed by atoms with Crippen molar-refractivity contribution in [2.75, 3.05) is 26.2 Å². The SMILES string of the molecule is CC(CN1CCCCC1)NC(=O)C1(CN)CCCCCC1. The second-order valence-electron chi connectivity index (χ2n) is 7.13. The number of piperidine rings is 1. The third-order valence-electron chi connectivity index (χ3n) is 5.29. The number of carbonyl (C=O) groups is 1. The Morgan fingerprint density at radius 1 is 1.10 bits per heavy atom. The average Bonchev–Trinajstić information content (AvgIpc) is 2.74. The largest absolute Gasteiger partial charge is 0.352 e. The van der Waals surface area contributed by atoms with Gasteiger partial charge in [-0.05, 0) is 45.7 Å². The monoisotopic (exact) mass is 295 g/mol. The molecule has 1 unspecified atom stereocenters. The Hall–Kier alpha value is -0.610. The van der Waals surface area contributed by atoms with Crippen molar-refractivity contribution in [3.8, 4) is 0 Å². The molecule has 0 spiro atoms. The summed E-state index contributed by atoms with van der Waals surface area (Å²) in [5.41, 5.74) is 5.70. The molecule has 0 radical (unpaired) electrons. The van der Waals surface area contributed by atoms with E-state index in [-0.39, 0.29) is 17.4 Å². The van der Waals surface area contributed by atoms with Gasteiger partial charge in [-0.25, -0.2) is 0 Å². The van der Waals surface area contributed by atoms with Crippen LogP contribution in [0.5, 0.6) is 0 Å². The average molecular weight is 295 g/mol. The van der Waals surface area contributed by atoms with Crippen molar-refractivity contribution in [3.05, 3.63) is 0 Å². The fourth-order valence-corrected chi connectivity index (χ4v) is 3.88. The minimum atomic E-state index is -0.299. The summed E-state index contributed by atoms with van der Waals surface area (Å²) in [6.07, 6.45) is 10.7. The number of nitrogens with one attached hydrogen (secondary N) is 1. The lowest BCUT2D eigenvalue weighted by Crippen LogP contribution is -2.51. The molecule has 1 saturated heterocycles. The zero-order chi connectivity index (χ0) is 15.1. The van der Waals surface area contributed by atoms with Crippen LogP contribution in [0.15, 0.2) is 0 Å². The molecule has 0 aromatic rings. The van der Waals surface area contributed by atoms with Gasteiger partial charge in [0.15, 0.2) is 0 Å². The highest BCUT2D eigenvalue weighted by Crippen LogP contribution is 2.34. The lowest BCUT2D eigenvalue weighted by molar-refractivity contribution is -0.132. The normalized spacial score (nSPS) is 25.0. The van der Waals surface area contributed by atoms with E-state index in [0.29, 0.717) is 6.54 Å². The molecule has 1 amide bonds. The molecular formula is C17H33N3O. The fraction of sp³-hybridized carbons (Fsp3) is 0.941. The molecule has 1 aliphatic heterocycles. The molecule has 3 N–H and O–H groups in total. The molecular weight excluding hydrogens is 262 g/mol. The van der Waals surface area contributed by atoms with E-state index in [1.165, 1.54) is 45.2 Å². The first kappa shape index (κ1) is 16.8. The second-order valence-corrected chi connectivity index (χ2v) is 7.13. The molecule has 4 heteroatoms. The fourth-order valence-electron chi connectivity index (χ4n) is 3.88. The minimum absolute atomic E-state index is 0.205. The van der Waals surface area contributed by atoms with Gasteiger partial charge in [0.2, 0.25) is 5.91 Å². The van der Waals surface area contributed by atoms with E-state index in [9.17, 15) is 4.79 Å². The molecule has 2 aliphatic rings. The molecule has 122 valence electrons. The number of nitrogens with two attached hydrogens (primary N) is 1. The zero-order valence-electron chi connectivity index (χ0n) is 13.7. The summed E-state index contributed by atoms with van der Waals surface area (Å²) in [6, 6.07) is 0.224. The number of nitrogens with zero attached hydrogens (tertiary/aromatic N) is 1. The molecule has 1 saturated carbocycles. The van der Waals surface area contributed by atoms with Crippen molar-refractivity contribution in [3.63, 3.8) is 0 Å². The van der Waals surface area contributed by atoms with Crippen LogP contribution in [-0.4, -0.2) is 43.0 Å². The predicted octanol–water partition coefficient (Wildman–Crippen LogP) is 2.28. The van der Waals surface area contributed by atoms with Gasteiger partial charge in [-0.15, -0.1) is 0 Å². The maximum absolute atomic E-state index is 12.7. The van der Waals surface area contributed by atoms with Gasteiger partial charge < -0.3 is 16.0 Å². The van der Waals surface area contributed by atoms with Crippen molar-refractivity contribution >= 4 is 5.91 Å². The van der Waals surface area contributed by atoms with Crippen LogP contribution in [0.25, 0.3) is 0 Å². The van der Waals surface area contributed by atoms with Gasteiger partial charge >= 0.3 is 0 Å². The van der Waals surface area contributed by atoms with Gasteiger partial charge in [-0.3, -0.25) is 4.79 Å². The molecule has 1 heterocycles. The van der Waals surface area contributed by atoms with Crippen molar-refractivity contribution in [1.29, 1.82) is 0 Å². The third-order valence-corrected chi connectivity index (χ3v) is 5.29. The maximum atomic E-state index is 12.7. The molecule has 0 bridgehead atoms. The summed E-state index contributed by atoms with van der Waals surface area (Å²) in [5.74, 6) is 0.205. The number of likely N-dealkylation sites (tertiary alicyclic amines) is 1. The minimum Gasteiger partial charge on any atom is -0.352 e. The maximum Gasteiger partial charge on any atom is 0.227 e. The van der Waals surface area contributed by atoms with E-state index >= 15 is 0 Å². The first-order valence-corrected chi connectivity index (χ1v) is 8.90. The van der Waals surface area contributed by atoms with Crippen molar-refractivity contribution in [1.82, 2.24) is 10.2 Å². The molecule has 1 aliphatic carbocycles. The van der Waals surface area contributed by atoms with Gasteiger partial charge in [0.25, 0.3) is 0 Å². The van der Waals surface area contributed by atoms with E-state index in [0.717, 1.165) is 32.2 Å². The Bertz CT molecular complexity index is 318. The molecule has 2 rings (SSSR count). The highest BCUT2D eigenvalue weighted by molar-refractivity contribution is 5.83. The van der Waals surface area contributed by atoms with Gasteiger partial charge in [-0.1, -0.05) is 32.1 Å². The summed E-state index contributed by atoms with van der Waals surface area (Å²) < 4.78 is 0. The molecule has 0 aromatic carbocycles.